The summed E-state index contributed by atoms with van der Waals surface area (Å²) in [6, 6.07) is 6.19. The predicted molar refractivity (Wildman–Crippen MR) is 91.7 cm³/mol. The highest BCUT2D eigenvalue weighted by Crippen LogP contribution is 2.32. The lowest BCUT2D eigenvalue weighted by Gasteiger charge is -2.24. The molecule has 1 aliphatic heterocycles. The van der Waals surface area contributed by atoms with Crippen molar-refractivity contribution in [2.75, 3.05) is 18.4 Å². The molecule has 116 valence electrons. The summed E-state index contributed by atoms with van der Waals surface area (Å²) in [6.07, 6.45) is 0.672. The van der Waals surface area contributed by atoms with E-state index in [2.05, 4.69) is 37.2 Å². The van der Waals surface area contributed by atoms with Crippen molar-refractivity contribution in [2.24, 2.45) is 0 Å². The van der Waals surface area contributed by atoms with Crippen LogP contribution in [0.1, 0.15) is 27.2 Å². The number of rotatable bonds is 2. The molecule has 4 nitrogen and oxygen atoms in total. The van der Waals surface area contributed by atoms with E-state index in [1.54, 1.807) is 4.90 Å². The van der Waals surface area contributed by atoms with Crippen LogP contribution >= 0.6 is 31.9 Å². The largest absolute Gasteiger partial charge is 0.444 e. The smallest absolute Gasteiger partial charge is 0.410 e. The minimum Gasteiger partial charge on any atom is -0.444 e. The van der Waals surface area contributed by atoms with Crippen LogP contribution in [0.25, 0.3) is 0 Å². The number of nitrogens with zero attached hydrogens (tertiary/aromatic N) is 1. The molecule has 1 heterocycles. The van der Waals surface area contributed by atoms with E-state index in [9.17, 15) is 4.79 Å². The molecule has 0 aromatic heterocycles. The highest BCUT2D eigenvalue weighted by Gasteiger charge is 2.30. The quantitative estimate of drug-likeness (QED) is 0.759. The highest BCUT2D eigenvalue weighted by molar-refractivity contribution is 9.11. The Hall–Kier alpha value is -0.750. The molecule has 2 rings (SSSR count). The first-order valence-corrected chi connectivity index (χ1v) is 8.53. The number of anilines is 1. The molecule has 1 aromatic rings. The molecule has 6 heteroatoms. The lowest BCUT2D eigenvalue weighted by atomic mass is 10.2. The van der Waals surface area contributed by atoms with Crippen molar-refractivity contribution in [1.29, 1.82) is 0 Å². The third-order valence-electron chi connectivity index (χ3n) is 3.15. The lowest BCUT2D eigenvalue weighted by Crippen LogP contribution is -2.36. The molecule has 1 amide bonds. The van der Waals surface area contributed by atoms with Gasteiger partial charge in [0.2, 0.25) is 0 Å². The van der Waals surface area contributed by atoms with Crippen molar-refractivity contribution >= 4 is 43.6 Å². The van der Waals surface area contributed by atoms with Crippen molar-refractivity contribution in [3.05, 3.63) is 27.1 Å². The van der Waals surface area contributed by atoms with E-state index in [-0.39, 0.29) is 12.1 Å². The van der Waals surface area contributed by atoms with Crippen LogP contribution in [0.2, 0.25) is 0 Å². The summed E-state index contributed by atoms with van der Waals surface area (Å²) in [6.45, 7) is 7.02. The molecule has 1 fully saturated rings. The van der Waals surface area contributed by atoms with Gasteiger partial charge in [-0.1, -0.05) is 6.07 Å². The second-order valence-corrected chi connectivity index (χ2v) is 7.86. The Balaban J connectivity index is 1.95. The van der Waals surface area contributed by atoms with Crippen LogP contribution in [0.5, 0.6) is 0 Å². The minimum absolute atomic E-state index is 0.229. The van der Waals surface area contributed by atoms with Crippen molar-refractivity contribution < 1.29 is 9.53 Å². The number of benzene rings is 1. The minimum atomic E-state index is -0.450. The summed E-state index contributed by atoms with van der Waals surface area (Å²) in [5, 5.41) is 3.48. The first-order valence-electron chi connectivity index (χ1n) is 6.95. The van der Waals surface area contributed by atoms with E-state index in [4.69, 9.17) is 4.74 Å². The number of hydrogen-bond acceptors (Lipinski definition) is 3. The number of amides is 1. The number of ether oxygens (including phenoxy) is 1. The number of para-hydroxylation sites is 1. The van der Waals surface area contributed by atoms with Crippen LogP contribution in [-0.2, 0) is 4.74 Å². The maximum atomic E-state index is 12.1. The van der Waals surface area contributed by atoms with Gasteiger partial charge in [-0.2, -0.15) is 0 Å². The third-order valence-corrected chi connectivity index (χ3v) is 4.47. The van der Waals surface area contributed by atoms with Gasteiger partial charge in [-0.25, -0.2) is 4.79 Å². The van der Waals surface area contributed by atoms with Crippen LogP contribution < -0.4 is 5.32 Å². The predicted octanol–water partition coefficient (Wildman–Crippen LogP) is 4.63. The number of nitrogens with one attached hydrogen (secondary N) is 1. The third kappa shape index (κ3) is 4.61. The second kappa shape index (κ2) is 6.57. The van der Waals surface area contributed by atoms with Crippen molar-refractivity contribution in [3.63, 3.8) is 0 Å². The highest BCUT2D eigenvalue weighted by atomic mass is 79.9. The van der Waals surface area contributed by atoms with Gasteiger partial charge in [0.15, 0.2) is 0 Å². The Morgan fingerprint density at radius 1 is 1.33 bits per heavy atom. The SMILES string of the molecule is CC(C)(C)OC(=O)N1CCC(Nc2c(Br)cccc2Br)C1. The van der Waals surface area contributed by atoms with Gasteiger partial charge >= 0.3 is 6.09 Å². The maximum absolute atomic E-state index is 12.1. The number of halogens is 2. The van der Waals surface area contributed by atoms with Gasteiger partial charge in [-0.05, 0) is 71.2 Å². The maximum Gasteiger partial charge on any atom is 0.410 e. The fourth-order valence-electron chi connectivity index (χ4n) is 2.21. The Bertz CT molecular complexity index is 509. The summed E-state index contributed by atoms with van der Waals surface area (Å²) < 4.78 is 7.42. The monoisotopic (exact) mass is 418 g/mol. The van der Waals surface area contributed by atoms with E-state index in [0.717, 1.165) is 21.1 Å². The van der Waals surface area contributed by atoms with Crippen LogP contribution in [0.4, 0.5) is 10.5 Å². The van der Waals surface area contributed by atoms with Gasteiger partial charge in [0.05, 0.1) is 5.69 Å². The molecule has 0 spiro atoms. The molecular formula is C15H20Br2N2O2. The summed E-state index contributed by atoms with van der Waals surface area (Å²) >= 11 is 7.08. The second-order valence-electron chi connectivity index (χ2n) is 6.15. The van der Waals surface area contributed by atoms with Crippen LogP contribution in [0.3, 0.4) is 0 Å². The molecule has 1 saturated heterocycles. The molecule has 1 atom stereocenters. The fourth-order valence-corrected chi connectivity index (χ4v) is 3.44. The van der Waals surface area contributed by atoms with Gasteiger partial charge in [0.1, 0.15) is 5.60 Å². The first kappa shape index (κ1) is 16.6. The Kier molecular flexibility index (Phi) is 5.20. The number of hydrogen-bond donors (Lipinski definition) is 1. The van der Waals surface area contributed by atoms with Crippen molar-refractivity contribution in [3.8, 4) is 0 Å². The molecule has 1 unspecified atom stereocenters. The molecular weight excluding hydrogens is 400 g/mol. The van der Waals surface area contributed by atoms with E-state index in [1.165, 1.54) is 0 Å². The summed E-state index contributed by atoms with van der Waals surface area (Å²) in [5.41, 5.74) is 0.571. The average molecular weight is 420 g/mol. The fraction of sp³-hybridized carbons (Fsp3) is 0.533. The molecule has 0 aliphatic carbocycles. The molecule has 1 aromatic carbocycles. The molecule has 1 aliphatic rings. The Labute approximate surface area is 142 Å². The van der Waals surface area contributed by atoms with Crippen LogP contribution in [0, 0.1) is 0 Å². The van der Waals surface area contributed by atoms with E-state index >= 15 is 0 Å². The summed E-state index contributed by atoms with van der Waals surface area (Å²) in [4.78, 5) is 13.8. The van der Waals surface area contributed by atoms with E-state index in [1.807, 2.05) is 39.0 Å². The van der Waals surface area contributed by atoms with Gasteiger partial charge < -0.3 is 15.0 Å². The molecule has 1 N–H and O–H groups in total. The molecule has 0 saturated carbocycles. The summed E-state index contributed by atoms with van der Waals surface area (Å²) in [7, 11) is 0. The molecule has 0 bridgehead atoms. The van der Waals surface area contributed by atoms with Crippen molar-refractivity contribution in [1.82, 2.24) is 4.90 Å². The standard InChI is InChI=1S/C15H20Br2N2O2/c1-15(2,3)21-14(20)19-8-7-10(9-19)18-13-11(16)5-4-6-12(13)17/h4-6,10,18H,7-9H2,1-3H3. The number of likely N-dealkylation sites (tertiary alicyclic amines) is 1. The van der Waals surface area contributed by atoms with E-state index < -0.39 is 5.60 Å². The normalized spacial score (nSPS) is 18.7. The van der Waals surface area contributed by atoms with Crippen LogP contribution in [-0.4, -0.2) is 35.7 Å². The van der Waals surface area contributed by atoms with Gasteiger partial charge in [-0.3, -0.25) is 0 Å². The molecule has 21 heavy (non-hydrogen) atoms. The van der Waals surface area contributed by atoms with Crippen molar-refractivity contribution in [2.45, 2.75) is 38.8 Å². The zero-order chi connectivity index (χ0) is 15.6. The van der Waals surface area contributed by atoms with Gasteiger partial charge in [0, 0.05) is 28.1 Å². The Morgan fingerprint density at radius 2 is 1.95 bits per heavy atom. The van der Waals surface area contributed by atoms with Gasteiger partial charge in [-0.15, -0.1) is 0 Å². The molecule has 0 radical (unpaired) electrons. The average Bonchev–Trinajstić information content (AvgIpc) is 2.80. The van der Waals surface area contributed by atoms with Gasteiger partial charge in [0.25, 0.3) is 0 Å². The number of carbonyl (C=O) groups excluding carboxylic acids is 1. The topological polar surface area (TPSA) is 41.6 Å². The lowest BCUT2D eigenvalue weighted by molar-refractivity contribution is 0.0293. The Morgan fingerprint density at radius 3 is 2.52 bits per heavy atom. The zero-order valence-corrected chi connectivity index (χ0v) is 15.6. The number of carbonyl (C=O) groups is 1. The van der Waals surface area contributed by atoms with Crippen LogP contribution in [0.15, 0.2) is 27.1 Å². The zero-order valence-electron chi connectivity index (χ0n) is 12.5. The summed E-state index contributed by atoms with van der Waals surface area (Å²) in [5.74, 6) is 0. The first-order chi connectivity index (χ1) is 9.76. The van der Waals surface area contributed by atoms with E-state index in [0.29, 0.717) is 13.1 Å².